The minimum Gasteiger partial charge on any atom is -0.291 e. The van der Waals surface area contributed by atoms with Crippen molar-refractivity contribution < 1.29 is 17.4 Å². The van der Waals surface area contributed by atoms with Gasteiger partial charge in [0.15, 0.2) is 5.78 Å². The van der Waals surface area contributed by atoms with E-state index in [1.165, 1.54) is 12.1 Å². The lowest BCUT2D eigenvalue weighted by Gasteiger charge is -2.06. The van der Waals surface area contributed by atoms with Crippen molar-refractivity contribution in [1.82, 2.24) is 0 Å². The van der Waals surface area contributed by atoms with Gasteiger partial charge in [0, 0.05) is 10.0 Å². The third-order valence-corrected chi connectivity index (χ3v) is 4.80. The molecule has 0 atom stereocenters. The second kappa shape index (κ2) is 6.51. The van der Waals surface area contributed by atoms with Gasteiger partial charge in [-0.25, -0.2) is 0 Å². The fourth-order valence-electron chi connectivity index (χ4n) is 1.67. The molecule has 2 aromatic rings. The quantitative estimate of drug-likeness (QED) is 0.599. The van der Waals surface area contributed by atoms with Crippen LogP contribution >= 0.6 is 15.9 Å². The molecule has 110 valence electrons. The number of carbonyl (C=O) groups is 1. The number of benzene rings is 2. The highest BCUT2D eigenvalue weighted by molar-refractivity contribution is 9.10. The Morgan fingerprint density at radius 2 is 1.71 bits per heavy atom. The fraction of sp³-hybridized carbons (Fsp3) is 0.133. The first-order chi connectivity index (χ1) is 9.90. The van der Waals surface area contributed by atoms with Crippen LogP contribution in [-0.2, 0) is 14.3 Å². The molecule has 0 aliphatic carbocycles. The van der Waals surface area contributed by atoms with Gasteiger partial charge in [-0.1, -0.05) is 51.8 Å². The molecule has 0 saturated carbocycles. The summed E-state index contributed by atoms with van der Waals surface area (Å²) in [6.45, 7) is 1.33. The van der Waals surface area contributed by atoms with Crippen molar-refractivity contribution in [3.8, 4) is 0 Å². The Morgan fingerprint density at radius 3 is 2.33 bits per heavy atom. The number of carbonyl (C=O) groups excluding carboxylic acids is 1. The molecule has 6 heteroatoms. The monoisotopic (exact) mass is 368 g/mol. The van der Waals surface area contributed by atoms with Crippen molar-refractivity contribution in [1.29, 1.82) is 0 Å². The van der Waals surface area contributed by atoms with Gasteiger partial charge in [0.05, 0.1) is 4.90 Å². The summed E-state index contributed by atoms with van der Waals surface area (Å²) in [7, 11) is -3.93. The molecule has 0 saturated heterocycles. The van der Waals surface area contributed by atoms with Crippen molar-refractivity contribution in [3.05, 3.63) is 64.1 Å². The van der Waals surface area contributed by atoms with Crippen LogP contribution in [0.4, 0.5) is 0 Å². The lowest BCUT2D eigenvalue weighted by Crippen LogP contribution is -2.15. The summed E-state index contributed by atoms with van der Waals surface area (Å²) < 4.78 is 29.4. The van der Waals surface area contributed by atoms with Gasteiger partial charge < -0.3 is 0 Å². The third kappa shape index (κ3) is 4.00. The Kier molecular flexibility index (Phi) is 4.92. The largest absolute Gasteiger partial charge is 0.297 e. The molecule has 0 N–H and O–H groups in total. The molecule has 2 aromatic carbocycles. The predicted octanol–water partition coefficient (Wildman–Crippen LogP) is 3.35. The Labute approximate surface area is 132 Å². The van der Waals surface area contributed by atoms with E-state index in [0.29, 0.717) is 10.0 Å². The van der Waals surface area contributed by atoms with E-state index in [4.69, 9.17) is 4.18 Å². The summed E-state index contributed by atoms with van der Waals surface area (Å²) in [6, 6.07) is 13.0. The molecule has 0 bridgehead atoms. The van der Waals surface area contributed by atoms with Gasteiger partial charge in [-0.05, 0) is 25.1 Å². The number of aryl methyl sites for hydroxylation is 1. The normalized spacial score (nSPS) is 11.3. The summed E-state index contributed by atoms with van der Waals surface area (Å²) in [6.07, 6.45) is 0. The van der Waals surface area contributed by atoms with Crippen molar-refractivity contribution in [2.75, 3.05) is 6.61 Å². The number of Topliss-reactive ketones (excluding diaryl/α,β-unsaturated/α-hetero) is 1. The molecule has 0 aromatic heterocycles. The van der Waals surface area contributed by atoms with E-state index in [1.807, 2.05) is 6.92 Å². The molecule has 4 nitrogen and oxygen atoms in total. The van der Waals surface area contributed by atoms with E-state index < -0.39 is 22.5 Å². The molecule has 0 aliphatic heterocycles. The molecule has 0 radical (unpaired) electrons. The number of halogens is 1. The minimum absolute atomic E-state index is 0.0352. The van der Waals surface area contributed by atoms with Crippen LogP contribution in [0.3, 0.4) is 0 Å². The first kappa shape index (κ1) is 15.9. The fourth-order valence-corrected chi connectivity index (χ4v) is 3.04. The molecular weight excluding hydrogens is 356 g/mol. The number of hydrogen-bond acceptors (Lipinski definition) is 4. The number of ketones is 1. The Morgan fingerprint density at radius 1 is 1.10 bits per heavy atom. The smallest absolute Gasteiger partial charge is 0.291 e. The van der Waals surface area contributed by atoms with E-state index in [9.17, 15) is 13.2 Å². The summed E-state index contributed by atoms with van der Waals surface area (Å²) in [5.74, 6) is -0.404. The SMILES string of the molecule is Cc1ccc(S(=O)(=O)OCC(=O)c2ccccc2Br)cc1. The lowest BCUT2D eigenvalue weighted by atomic mass is 10.1. The molecule has 21 heavy (non-hydrogen) atoms. The van der Waals surface area contributed by atoms with E-state index in [-0.39, 0.29) is 4.90 Å². The first-order valence-corrected chi connectivity index (χ1v) is 8.34. The molecular formula is C15H13BrO4S. The van der Waals surface area contributed by atoms with Crippen LogP contribution in [0.5, 0.6) is 0 Å². The van der Waals surface area contributed by atoms with Crippen molar-refractivity contribution in [2.45, 2.75) is 11.8 Å². The lowest BCUT2D eigenvalue weighted by molar-refractivity contribution is 0.0924. The van der Waals surface area contributed by atoms with Gasteiger partial charge in [-0.2, -0.15) is 8.42 Å². The van der Waals surface area contributed by atoms with Gasteiger partial charge in [-0.15, -0.1) is 0 Å². The Bertz CT molecular complexity index is 751. The summed E-state index contributed by atoms with van der Waals surface area (Å²) in [5.41, 5.74) is 1.33. The van der Waals surface area contributed by atoms with Crippen molar-refractivity contribution >= 4 is 31.8 Å². The molecule has 0 unspecified atom stereocenters. The maximum Gasteiger partial charge on any atom is 0.297 e. The standard InChI is InChI=1S/C15H13BrO4S/c1-11-6-8-12(9-7-11)21(18,19)20-10-15(17)13-4-2-3-5-14(13)16/h2-9H,10H2,1H3. The summed E-state index contributed by atoms with van der Waals surface area (Å²) in [5, 5.41) is 0. The zero-order valence-corrected chi connectivity index (χ0v) is 13.6. The van der Waals surface area contributed by atoms with Gasteiger partial charge in [0.1, 0.15) is 6.61 Å². The average Bonchev–Trinajstić information content (AvgIpc) is 2.46. The van der Waals surface area contributed by atoms with Gasteiger partial charge >= 0.3 is 0 Å². The molecule has 0 amide bonds. The zero-order valence-electron chi connectivity index (χ0n) is 11.2. The zero-order chi connectivity index (χ0) is 15.5. The second-order valence-electron chi connectivity index (χ2n) is 4.43. The highest BCUT2D eigenvalue weighted by Gasteiger charge is 2.18. The third-order valence-electron chi connectivity index (χ3n) is 2.83. The number of rotatable bonds is 5. The van der Waals surface area contributed by atoms with Gasteiger partial charge in [-0.3, -0.25) is 8.98 Å². The van der Waals surface area contributed by atoms with Crippen LogP contribution in [0.15, 0.2) is 57.9 Å². The van der Waals surface area contributed by atoms with Crippen molar-refractivity contribution in [2.24, 2.45) is 0 Å². The maximum atomic E-state index is 12.0. The average molecular weight is 369 g/mol. The van der Waals surface area contributed by atoms with Crippen LogP contribution in [0.1, 0.15) is 15.9 Å². The maximum absolute atomic E-state index is 12.0. The summed E-state index contributed by atoms with van der Waals surface area (Å²) in [4.78, 5) is 12.0. The molecule has 2 rings (SSSR count). The minimum atomic E-state index is -3.93. The molecule has 0 aliphatic rings. The highest BCUT2D eigenvalue weighted by Crippen LogP contribution is 2.18. The van der Waals surface area contributed by atoms with E-state index in [0.717, 1.165) is 5.56 Å². The predicted molar refractivity (Wildman–Crippen MR) is 82.8 cm³/mol. The van der Waals surface area contributed by atoms with Crippen molar-refractivity contribution in [3.63, 3.8) is 0 Å². The molecule has 0 spiro atoms. The molecule has 0 fully saturated rings. The van der Waals surface area contributed by atoms with Crippen LogP contribution in [-0.4, -0.2) is 20.8 Å². The van der Waals surface area contributed by atoms with E-state index in [2.05, 4.69) is 15.9 Å². The topological polar surface area (TPSA) is 60.4 Å². The van der Waals surface area contributed by atoms with Crippen LogP contribution < -0.4 is 0 Å². The van der Waals surface area contributed by atoms with Gasteiger partial charge in [0.25, 0.3) is 10.1 Å². The van der Waals surface area contributed by atoms with E-state index in [1.54, 1.807) is 36.4 Å². The van der Waals surface area contributed by atoms with E-state index >= 15 is 0 Å². The Hall–Kier alpha value is -1.50. The highest BCUT2D eigenvalue weighted by atomic mass is 79.9. The second-order valence-corrected chi connectivity index (χ2v) is 6.90. The number of hydrogen-bond donors (Lipinski definition) is 0. The van der Waals surface area contributed by atoms with Crippen LogP contribution in [0, 0.1) is 6.92 Å². The molecule has 0 heterocycles. The van der Waals surface area contributed by atoms with Gasteiger partial charge in [0.2, 0.25) is 0 Å². The van der Waals surface area contributed by atoms with Crippen LogP contribution in [0.25, 0.3) is 0 Å². The first-order valence-electron chi connectivity index (χ1n) is 6.14. The Balaban J connectivity index is 2.10. The van der Waals surface area contributed by atoms with Crippen LogP contribution in [0.2, 0.25) is 0 Å². The summed E-state index contributed by atoms with van der Waals surface area (Å²) >= 11 is 3.24.